The first-order valence-corrected chi connectivity index (χ1v) is 4.60. The Morgan fingerprint density at radius 1 is 1.53 bits per heavy atom. The monoisotopic (exact) mass is 252 g/mol. The van der Waals surface area contributed by atoms with Gasteiger partial charge in [0.2, 0.25) is 0 Å². The molecule has 0 saturated heterocycles. The summed E-state index contributed by atoms with van der Waals surface area (Å²) in [6.45, 7) is 0. The van der Waals surface area contributed by atoms with E-state index in [1.54, 1.807) is 0 Å². The molecule has 0 aliphatic heterocycles. The van der Waals surface area contributed by atoms with E-state index < -0.39 is 17.0 Å². The fraction of sp³-hybridized carbons (Fsp3) is 0.125. The average Bonchev–Trinajstić information content (AvgIpc) is 1.99. The van der Waals surface area contributed by atoms with Gasteiger partial charge < -0.3 is 11.1 Å². The molecular weight excluding hydrogens is 246 g/mol. The van der Waals surface area contributed by atoms with Crippen LogP contribution in [-0.2, 0) is 5.38 Å². The van der Waals surface area contributed by atoms with Crippen molar-refractivity contribution in [1.29, 1.82) is 0 Å². The van der Waals surface area contributed by atoms with Crippen LogP contribution < -0.4 is 11.1 Å². The van der Waals surface area contributed by atoms with Gasteiger partial charge >= 0.3 is 11.4 Å². The Morgan fingerprint density at radius 2 is 2.13 bits per heavy atom. The molecule has 0 fully saturated rings. The zero-order chi connectivity index (χ0) is 11.6. The molecule has 0 saturated carbocycles. The van der Waals surface area contributed by atoms with Crippen LogP contribution in [0.25, 0.3) is 0 Å². The lowest BCUT2D eigenvalue weighted by Crippen LogP contribution is -2.22. The van der Waals surface area contributed by atoms with Gasteiger partial charge in [-0.2, -0.15) is 8.78 Å². The third kappa shape index (κ3) is 2.97. The first kappa shape index (κ1) is 12.1. The highest BCUT2D eigenvalue weighted by Crippen LogP contribution is 2.40. The van der Waals surface area contributed by atoms with Crippen LogP contribution in [-0.4, -0.2) is 6.03 Å². The predicted octanol–water partition coefficient (Wildman–Crippen LogP) is 2.75. The van der Waals surface area contributed by atoms with E-state index in [2.05, 4.69) is 12.6 Å². The Hall–Kier alpha value is -1.01. The number of alkyl halides is 3. The Bertz CT molecular complexity index is 395. The first-order valence-electron chi connectivity index (χ1n) is 3.78. The van der Waals surface area contributed by atoms with Crippen LogP contribution in [0.3, 0.4) is 0 Å². The highest BCUT2D eigenvalue weighted by Gasteiger charge is 2.33. The number of rotatable bonds is 2. The lowest BCUT2D eigenvalue weighted by atomic mass is 10.2. The minimum absolute atomic E-state index is 0.0266. The third-order valence-electron chi connectivity index (χ3n) is 1.58. The van der Waals surface area contributed by atoms with Crippen molar-refractivity contribution in [2.75, 3.05) is 5.32 Å². The van der Waals surface area contributed by atoms with Crippen molar-refractivity contribution in [3.63, 3.8) is 0 Å². The lowest BCUT2D eigenvalue weighted by molar-refractivity contribution is 0.0930. The van der Waals surface area contributed by atoms with Gasteiger partial charge in [-0.15, -0.1) is 12.6 Å². The second-order valence-electron chi connectivity index (χ2n) is 2.69. The van der Waals surface area contributed by atoms with Gasteiger partial charge in [0.05, 0.1) is 11.3 Å². The molecule has 3 nitrogen and oxygen atoms in total. The first-order chi connectivity index (χ1) is 6.82. The number of nitrogens with two attached hydrogens (primary N) is 1. The van der Waals surface area contributed by atoms with Crippen LogP contribution in [0.2, 0.25) is 0 Å². The standard InChI is InChI=1S/C8H7ClF2N2OS/c9-8(10,11)6-4(13-7(12)14)2-1-3-5(6)15/h1-3,15H,(H3,12,13,14). The highest BCUT2D eigenvalue weighted by molar-refractivity contribution is 7.80. The number of anilines is 1. The van der Waals surface area contributed by atoms with Crippen molar-refractivity contribution in [3.8, 4) is 0 Å². The SMILES string of the molecule is NC(=O)Nc1cccc(S)c1C(F)(F)Cl. The van der Waals surface area contributed by atoms with Crippen LogP contribution in [0.1, 0.15) is 5.56 Å². The number of amides is 2. The van der Waals surface area contributed by atoms with E-state index in [0.29, 0.717) is 0 Å². The van der Waals surface area contributed by atoms with Crippen molar-refractivity contribution in [2.24, 2.45) is 5.73 Å². The maximum atomic E-state index is 13.0. The molecule has 0 aliphatic carbocycles. The number of urea groups is 1. The van der Waals surface area contributed by atoms with Gasteiger partial charge in [0, 0.05) is 4.90 Å². The fourth-order valence-corrected chi connectivity index (χ4v) is 1.69. The molecule has 0 heterocycles. The Labute approximate surface area is 95.0 Å². The summed E-state index contributed by atoms with van der Waals surface area (Å²) >= 11 is 8.70. The van der Waals surface area contributed by atoms with Gasteiger partial charge in [-0.25, -0.2) is 4.79 Å². The van der Waals surface area contributed by atoms with E-state index in [1.165, 1.54) is 18.2 Å². The summed E-state index contributed by atoms with van der Waals surface area (Å²) in [6.07, 6.45) is 0. The summed E-state index contributed by atoms with van der Waals surface area (Å²) in [5.74, 6) is 0. The molecule has 0 aliphatic rings. The van der Waals surface area contributed by atoms with Crippen LogP contribution in [0, 0.1) is 0 Å². The number of nitrogens with one attached hydrogen (secondary N) is 1. The van der Waals surface area contributed by atoms with Gasteiger partial charge in [-0.1, -0.05) is 6.07 Å². The number of halogens is 3. The molecule has 0 spiro atoms. The van der Waals surface area contributed by atoms with E-state index in [-0.39, 0.29) is 10.6 Å². The number of primary amides is 1. The number of benzene rings is 1. The second kappa shape index (κ2) is 4.24. The van der Waals surface area contributed by atoms with E-state index in [4.69, 9.17) is 17.3 Å². The topological polar surface area (TPSA) is 55.1 Å². The summed E-state index contributed by atoms with van der Waals surface area (Å²) in [4.78, 5) is 10.5. The smallest absolute Gasteiger partial charge is 0.351 e. The Balaban J connectivity index is 3.27. The number of carbonyl (C=O) groups is 1. The van der Waals surface area contributed by atoms with Gasteiger partial charge in [0.15, 0.2) is 0 Å². The molecular formula is C8H7ClF2N2OS. The van der Waals surface area contributed by atoms with Crippen LogP contribution in [0.15, 0.2) is 23.1 Å². The minimum Gasteiger partial charge on any atom is -0.351 e. The normalized spacial score (nSPS) is 11.2. The summed E-state index contributed by atoms with van der Waals surface area (Å²) in [5, 5.41) is -1.57. The summed E-state index contributed by atoms with van der Waals surface area (Å²) in [5.41, 5.74) is 4.09. The number of hydrogen-bond donors (Lipinski definition) is 3. The molecule has 2 amide bonds. The highest BCUT2D eigenvalue weighted by atomic mass is 35.5. The van der Waals surface area contributed by atoms with E-state index >= 15 is 0 Å². The van der Waals surface area contributed by atoms with Crippen molar-refractivity contribution in [3.05, 3.63) is 23.8 Å². The number of carbonyl (C=O) groups excluding carboxylic acids is 1. The molecule has 1 aromatic rings. The van der Waals surface area contributed by atoms with Gasteiger partial charge in [-0.05, 0) is 23.7 Å². The van der Waals surface area contributed by atoms with Crippen molar-refractivity contribution < 1.29 is 13.6 Å². The van der Waals surface area contributed by atoms with Crippen LogP contribution in [0.4, 0.5) is 19.3 Å². The van der Waals surface area contributed by atoms with Crippen LogP contribution >= 0.6 is 24.2 Å². The molecule has 0 aromatic heterocycles. The predicted molar refractivity (Wildman–Crippen MR) is 56.6 cm³/mol. The van der Waals surface area contributed by atoms with E-state index in [1.807, 2.05) is 5.32 Å². The molecule has 0 atom stereocenters. The molecule has 15 heavy (non-hydrogen) atoms. The average molecular weight is 253 g/mol. The summed E-state index contributed by atoms with van der Waals surface area (Å²) in [7, 11) is 0. The molecule has 1 rings (SSSR count). The van der Waals surface area contributed by atoms with Crippen LogP contribution in [0.5, 0.6) is 0 Å². The van der Waals surface area contributed by atoms with Gasteiger partial charge in [-0.3, -0.25) is 0 Å². The summed E-state index contributed by atoms with van der Waals surface area (Å²) < 4.78 is 25.9. The molecule has 82 valence electrons. The molecule has 0 unspecified atom stereocenters. The lowest BCUT2D eigenvalue weighted by Gasteiger charge is -2.15. The molecule has 7 heteroatoms. The van der Waals surface area contributed by atoms with Crippen molar-refractivity contribution >= 4 is 35.9 Å². The van der Waals surface area contributed by atoms with Gasteiger partial charge in [0.1, 0.15) is 0 Å². The van der Waals surface area contributed by atoms with E-state index in [9.17, 15) is 13.6 Å². The largest absolute Gasteiger partial charge is 0.351 e. The van der Waals surface area contributed by atoms with Crippen molar-refractivity contribution in [2.45, 2.75) is 10.3 Å². The molecule has 0 radical (unpaired) electrons. The quantitative estimate of drug-likeness (QED) is 0.550. The molecule has 0 bridgehead atoms. The molecule has 1 aromatic carbocycles. The Kier molecular flexibility index (Phi) is 3.41. The van der Waals surface area contributed by atoms with E-state index in [0.717, 1.165) is 0 Å². The Morgan fingerprint density at radius 3 is 2.60 bits per heavy atom. The number of hydrogen-bond acceptors (Lipinski definition) is 2. The minimum atomic E-state index is -3.61. The summed E-state index contributed by atoms with van der Waals surface area (Å²) in [6, 6.07) is 3.09. The zero-order valence-electron chi connectivity index (χ0n) is 7.30. The van der Waals surface area contributed by atoms with Gasteiger partial charge in [0.25, 0.3) is 0 Å². The molecule has 3 N–H and O–H groups in total. The second-order valence-corrected chi connectivity index (χ2v) is 3.64. The zero-order valence-corrected chi connectivity index (χ0v) is 8.95. The third-order valence-corrected chi connectivity index (χ3v) is 2.15. The van der Waals surface area contributed by atoms with Crippen molar-refractivity contribution in [1.82, 2.24) is 0 Å². The number of thiol groups is 1. The maximum absolute atomic E-state index is 13.0. The maximum Gasteiger partial charge on any atom is 0.351 e. The fourth-order valence-electron chi connectivity index (χ4n) is 1.07.